The van der Waals surface area contributed by atoms with Gasteiger partial charge in [0.25, 0.3) is 5.91 Å². The number of nitrogens with two attached hydrogens (primary N) is 2. The highest BCUT2D eigenvalue weighted by molar-refractivity contribution is 6.03. The molecule has 1 aromatic heterocycles. The summed E-state index contributed by atoms with van der Waals surface area (Å²) in [5, 5.41) is 2.78. The quantitative estimate of drug-likeness (QED) is 0.566. The molecule has 1 aromatic carbocycles. The third-order valence-corrected chi connectivity index (χ3v) is 4.59. The number of aryl methyl sites for hydroxylation is 2. The standard InChI is InChI=1S/C22H30N4O2.2ClH/c1-13(2)11-18-17(12-23)21(16-7-5-14(3)6-8-16)20(15(4)26-18)22(28)25-10-9-19(24)27;;/h5-8,13H,9-12,23H2,1-4H3,(H2,24,27)(H,25,28);2*1H. The summed E-state index contributed by atoms with van der Waals surface area (Å²) in [5.41, 5.74) is 17.2. The number of hydrogen-bond donors (Lipinski definition) is 3. The van der Waals surface area contributed by atoms with Crippen molar-refractivity contribution >= 4 is 36.6 Å². The number of nitrogens with zero attached hydrogens (tertiary/aromatic N) is 1. The van der Waals surface area contributed by atoms with Crippen LogP contribution in [0.15, 0.2) is 24.3 Å². The summed E-state index contributed by atoms with van der Waals surface area (Å²) in [6.07, 6.45) is 0.878. The molecule has 0 fully saturated rings. The fraction of sp³-hybridized carbons (Fsp3) is 0.409. The Hall–Kier alpha value is -2.15. The molecule has 0 radical (unpaired) electrons. The monoisotopic (exact) mass is 454 g/mol. The minimum absolute atomic E-state index is 0. The van der Waals surface area contributed by atoms with Crippen molar-refractivity contribution in [2.45, 2.75) is 47.1 Å². The molecule has 0 saturated carbocycles. The first-order valence-corrected chi connectivity index (χ1v) is 9.60. The fourth-order valence-corrected chi connectivity index (χ4v) is 3.28. The Labute approximate surface area is 191 Å². The molecule has 1 heterocycles. The number of aromatic nitrogens is 1. The van der Waals surface area contributed by atoms with E-state index in [9.17, 15) is 9.59 Å². The highest BCUT2D eigenvalue weighted by Crippen LogP contribution is 2.32. The average Bonchev–Trinajstić information content (AvgIpc) is 2.61. The number of primary amides is 1. The molecular formula is C22H32Cl2N4O2. The normalized spacial score (nSPS) is 10.2. The molecular weight excluding hydrogens is 423 g/mol. The third-order valence-electron chi connectivity index (χ3n) is 4.59. The van der Waals surface area contributed by atoms with Crippen LogP contribution in [0.25, 0.3) is 11.1 Å². The summed E-state index contributed by atoms with van der Waals surface area (Å²) in [5.74, 6) is -0.310. The van der Waals surface area contributed by atoms with Gasteiger partial charge in [0.2, 0.25) is 5.91 Å². The van der Waals surface area contributed by atoms with E-state index in [1.807, 2.05) is 38.1 Å². The van der Waals surface area contributed by atoms with E-state index in [4.69, 9.17) is 16.5 Å². The lowest BCUT2D eigenvalue weighted by molar-refractivity contribution is -0.117. The molecule has 0 bridgehead atoms. The number of amides is 2. The molecule has 0 unspecified atom stereocenters. The van der Waals surface area contributed by atoms with Gasteiger partial charge >= 0.3 is 0 Å². The Morgan fingerprint density at radius 1 is 1.10 bits per heavy atom. The molecule has 0 saturated heterocycles. The predicted molar refractivity (Wildman–Crippen MR) is 126 cm³/mol. The van der Waals surface area contributed by atoms with Gasteiger partial charge in [-0.15, -0.1) is 24.8 Å². The Kier molecular flexibility index (Phi) is 11.6. The number of carbonyl (C=O) groups is 2. The molecule has 2 amide bonds. The summed E-state index contributed by atoms with van der Waals surface area (Å²) in [6, 6.07) is 8.04. The molecule has 0 aliphatic heterocycles. The van der Waals surface area contributed by atoms with E-state index in [-0.39, 0.29) is 43.7 Å². The maximum atomic E-state index is 13.0. The second-order valence-electron chi connectivity index (χ2n) is 7.51. The molecule has 0 aliphatic carbocycles. The van der Waals surface area contributed by atoms with Gasteiger partial charge in [0.1, 0.15) is 0 Å². The molecule has 6 nitrogen and oxygen atoms in total. The second-order valence-corrected chi connectivity index (χ2v) is 7.51. The minimum Gasteiger partial charge on any atom is -0.370 e. The summed E-state index contributed by atoms with van der Waals surface area (Å²) in [7, 11) is 0. The molecule has 2 aromatic rings. The van der Waals surface area contributed by atoms with E-state index in [0.717, 1.165) is 34.4 Å². The van der Waals surface area contributed by atoms with Gasteiger partial charge in [-0.2, -0.15) is 0 Å². The van der Waals surface area contributed by atoms with Gasteiger partial charge < -0.3 is 16.8 Å². The zero-order valence-corrected chi connectivity index (χ0v) is 19.6. The summed E-state index contributed by atoms with van der Waals surface area (Å²) < 4.78 is 0. The van der Waals surface area contributed by atoms with Crippen molar-refractivity contribution in [3.05, 3.63) is 52.3 Å². The zero-order valence-electron chi connectivity index (χ0n) is 18.0. The Morgan fingerprint density at radius 2 is 1.70 bits per heavy atom. The van der Waals surface area contributed by atoms with Crippen LogP contribution in [0.3, 0.4) is 0 Å². The van der Waals surface area contributed by atoms with Gasteiger partial charge in [0.15, 0.2) is 0 Å². The van der Waals surface area contributed by atoms with Gasteiger partial charge in [-0.1, -0.05) is 43.7 Å². The van der Waals surface area contributed by atoms with Crippen LogP contribution in [0.5, 0.6) is 0 Å². The SMILES string of the molecule is Cc1ccc(-c2c(CN)c(CC(C)C)nc(C)c2C(=O)NCCC(N)=O)cc1.Cl.Cl. The van der Waals surface area contributed by atoms with Gasteiger partial charge in [0, 0.05) is 30.8 Å². The molecule has 166 valence electrons. The van der Waals surface area contributed by atoms with Crippen LogP contribution >= 0.6 is 24.8 Å². The zero-order chi connectivity index (χ0) is 20.8. The topological polar surface area (TPSA) is 111 Å². The highest BCUT2D eigenvalue weighted by Gasteiger charge is 2.23. The van der Waals surface area contributed by atoms with Crippen molar-refractivity contribution in [1.82, 2.24) is 10.3 Å². The first-order chi connectivity index (χ1) is 13.2. The van der Waals surface area contributed by atoms with Crippen LogP contribution in [0, 0.1) is 19.8 Å². The molecule has 5 N–H and O–H groups in total. The molecule has 30 heavy (non-hydrogen) atoms. The number of benzene rings is 1. The fourth-order valence-electron chi connectivity index (χ4n) is 3.28. The summed E-state index contributed by atoms with van der Waals surface area (Å²) in [6.45, 7) is 8.60. The summed E-state index contributed by atoms with van der Waals surface area (Å²) >= 11 is 0. The first kappa shape index (κ1) is 27.8. The minimum atomic E-state index is -0.455. The van der Waals surface area contributed by atoms with Gasteiger partial charge in [-0.3, -0.25) is 14.6 Å². The number of pyridine rings is 1. The van der Waals surface area contributed by atoms with E-state index >= 15 is 0 Å². The van der Waals surface area contributed by atoms with Crippen LogP contribution in [-0.2, 0) is 17.8 Å². The molecule has 0 aliphatic rings. The van der Waals surface area contributed by atoms with E-state index < -0.39 is 5.91 Å². The maximum Gasteiger partial charge on any atom is 0.253 e. The molecule has 2 rings (SSSR count). The van der Waals surface area contributed by atoms with Crippen molar-refractivity contribution in [1.29, 1.82) is 0 Å². The number of nitrogens with one attached hydrogen (secondary N) is 1. The lowest BCUT2D eigenvalue weighted by atomic mass is 9.89. The average molecular weight is 455 g/mol. The van der Waals surface area contributed by atoms with E-state index in [1.54, 1.807) is 0 Å². The van der Waals surface area contributed by atoms with Crippen LogP contribution in [0.2, 0.25) is 0 Å². The van der Waals surface area contributed by atoms with Crippen molar-refractivity contribution in [2.75, 3.05) is 6.54 Å². The smallest absolute Gasteiger partial charge is 0.253 e. The Morgan fingerprint density at radius 3 is 2.20 bits per heavy atom. The van der Waals surface area contributed by atoms with E-state index in [0.29, 0.717) is 23.7 Å². The molecule has 8 heteroatoms. The molecule has 0 spiro atoms. The van der Waals surface area contributed by atoms with Gasteiger partial charge in [0.05, 0.1) is 11.3 Å². The highest BCUT2D eigenvalue weighted by atomic mass is 35.5. The largest absolute Gasteiger partial charge is 0.370 e. The lowest BCUT2D eigenvalue weighted by Crippen LogP contribution is -2.30. The third kappa shape index (κ3) is 6.97. The maximum absolute atomic E-state index is 13.0. The number of halogens is 2. The van der Waals surface area contributed by atoms with Crippen molar-refractivity contribution < 1.29 is 9.59 Å². The van der Waals surface area contributed by atoms with Crippen molar-refractivity contribution in [3.8, 4) is 11.1 Å². The first-order valence-electron chi connectivity index (χ1n) is 9.60. The lowest BCUT2D eigenvalue weighted by Gasteiger charge is -2.20. The van der Waals surface area contributed by atoms with Crippen LogP contribution in [0.4, 0.5) is 0 Å². The number of rotatable bonds is 8. The van der Waals surface area contributed by atoms with E-state index in [1.165, 1.54) is 0 Å². The van der Waals surface area contributed by atoms with Crippen molar-refractivity contribution in [3.63, 3.8) is 0 Å². The Balaban J connectivity index is 0.00000420. The predicted octanol–water partition coefficient (Wildman–Crippen LogP) is 3.47. The second kappa shape index (κ2) is 12.5. The van der Waals surface area contributed by atoms with Crippen LogP contribution in [0.1, 0.15) is 53.1 Å². The van der Waals surface area contributed by atoms with Crippen LogP contribution in [-0.4, -0.2) is 23.3 Å². The van der Waals surface area contributed by atoms with Gasteiger partial charge in [-0.25, -0.2) is 0 Å². The van der Waals surface area contributed by atoms with Crippen molar-refractivity contribution in [2.24, 2.45) is 17.4 Å². The van der Waals surface area contributed by atoms with Gasteiger partial charge in [-0.05, 0) is 37.3 Å². The Bertz CT molecular complexity index is 868. The number of carbonyl (C=O) groups excluding carboxylic acids is 2. The molecule has 0 atom stereocenters. The number of hydrogen-bond acceptors (Lipinski definition) is 4. The van der Waals surface area contributed by atoms with Crippen LogP contribution < -0.4 is 16.8 Å². The van der Waals surface area contributed by atoms with E-state index in [2.05, 4.69) is 19.2 Å². The summed E-state index contributed by atoms with van der Waals surface area (Å²) in [4.78, 5) is 28.7.